The van der Waals surface area contributed by atoms with E-state index in [1.165, 1.54) is 4.90 Å². The van der Waals surface area contributed by atoms with Crippen molar-refractivity contribution in [2.45, 2.75) is 45.7 Å². The number of carboxylic acid groups (broad SMARTS) is 1. The number of hydrogen-bond acceptors (Lipinski definition) is 2. The molecule has 0 heterocycles. The molecule has 0 spiro atoms. The molecule has 1 rings (SSSR count). The van der Waals surface area contributed by atoms with Gasteiger partial charge in [-0.05, 0) is 25.7 Å². The molecule has 0 aliphatic heterocycles. The van der Waals surface area contributed by atoms with E-state index in [9.17, 15) is 9.59 Å². The fraction of sp³-hybridized carbons (Fsp3) is 0.818. The first-order chi connectivity index (χ1) is 7.45. The summed E-state index contributed by atoms with van der Waals surface area (Å²) in [6, 6.07) is -0.0795. The van der Waals surface area contributed by atoms with E-state index >= 15 is 0 Å². The predicted octanol–water partition coefficient (Wildman–Crippen LogP) is 1.29. The highest BCUT2D eigenvalue weighted by Gasteiger charge is 2.35. The summed E-state index contributed by atoms with van der Waals surface area (Å²) in [5.74, 6) is -0.452. The zero-order chi connectivity index (χ0) is 12.3. The number of hydrogen-bond donors (Lipinski definition) is 2. The first kappa shape index (κ1) is 12.8. The number of aliphatic carboxylic acids is 1. The van der Waals surface area contributed by atoms with Gasteiger partial charge in [0.05, 0.1) is 0 Å². The molecule has 0 saturated heterocycles. The van der Waals surface area contributed by atoms with E-state index in [0.717, 1.165) is 12.8 Å². The van der Waals surface area contributed by atoms with Gasteiger partial charge < -0.3 is 15.3 Å². The van der Waals surface area contributed by atoms with Crippen LogP contribution in [0.5, 0.6) is 0 Å². The third-order valence-corrected chi connectivity index (χ3v) is 3.11. The highest BCUT2D eigenvalue weighted by atomic mass is 16.4. The first-order valence-corrected chi connectivity index (χ1v) is 5.74. The van der Waals surface area contributed by atoms with E-state index in [0.29, 0.717) is 5.92 Å². The van der Waals surface area contributed by atoms with Crippen molar-refractivity contribution in [2.24, 2.45) is 5.92 Å². The van der Waals surface area contributed by atoms with Crippen molar-refractivity contribution in [3.8, 4) is 0 Å². The molecular formula is C11H20N2O3. The Bertz CT molecular complexity index is 280. The number of nitrogens with zero attached hydrogens (tertiary/aromatic N) is 1. The molecule has 2 amide bonds. The smallest absolute Gasteiger partial charge is 0.323 e. The summed E-state index contributed by atoms with van der Waals surface area (Å²) < 4.78 is 0. The second-order valence-corrected chi connectivity index (χ2v) is 4.55. The SMILES string of the molecule is CCC(C)N(CC(=O)O)C(=O)NC1CC1C. The second-order valence-electron chi connectivity index (χ2n) is 4.55. The van der Waals surface area contributed by atoms with Crippen LogP contribution >= 0.6 is 0 Å². The largest absolute Gasteiger partial charge is 0.480 e. The van der Waals surface area contributed by atoms with Gasteiger partial charge in [-0.1, -0.05) is 13.8 Å². The third kappa shape index (κ3) is 3.40. The summed E-state index contributed by atoms with van der Waals surface area (Å²) in [7, 11) is 0. The number of carbonyl (C=O) groups is 2. The number of carboxylic acids is 1. The standard InChI is InChI=1S/C11H20N2O3/c1-4-8(3)13(6-10(14)15)11(16)12-9-5-7(9)2/h7-9H,4-6H2,1-3H3,(H,12,16)(H,14,15). The van der Waals surface area contributed by atoms with Gasteiger partial charge in [-0.15, -0.1) is 0 Å². The Morgan fingerprint density at radius 1 is 1.56 bits per heavy atom. The van der Waals surface area contributed by atoms with Crippen LogP contribution in [0.3, 0.4) is 0 Å². The average molecular weight is 228 g/mol. The summed E-state index contributed by atoms with van der Waals surface area (Å²) in [5.41, 5.74) is 0. The van der Waals surface area contributed by atoms with Crippen LogP contribution in [-0.4, -0.2) is 40.6 Å². The van der Waals surface area contributed by atoms with E-state index in [1.54, 1.807) is 0 Å². The normalized spacial score (nSPS) is 24.7. The number of carbonyl (C=O) groups excluding carboxylic acids is 1. The summed E-state index contributed by atoms with van der Waals surface area (Å²) in [5, 5.41) is 11.6. The third-order valence-electron chi connectivity index (χ3n) is 3.11. The Morgan fingerprint density at radius 3 is 2.50 bits per heavy atom. The lowest BCUT2D eigenvalue weighted by molar-refractivity contribution is -0.138. The molecule has 5 heteroatoms. The van der Waals surface area contributed by atoms with Gasteiger partial charge >= 0.3 is 12.0 Å². The van der Waals surface area contributed by atoms with Crippen molar-refractivity contribution in [1.29, 1.82) is 0 Å². The Balaban J connectivity index is 2.52. The first-order valence-electron chi connectivity index (χ1n) is 5.74. The van der Waals surface area contributed by atoms with Gasteiger partial charge in [-0.25, -0.2) is 4.79 Å². The molecule has 0 aromatic carbocycles. The van der Waals surface area contributed by atoms with E-state index < -0.39 is 5.97 Å². The van der Waals surface area contributed by atoms with E-state index in [-0.39, 0.29) is 24.7 Å². The lowest BCUT2D eigenvalue weighted by atomic mass is 10.2. The summed E-state index contributed by atoms with van der Waals surface area (Å²) in [6.07, 6.45) is 1.74. The highest BCUT2D eigenvalue weighted by Crippen LogP contribution is 2.29. The number of urea groups is 1. The summed E-state index contributed by atoms with van der Waals surface area (Å²) in [4.78, 5) is 23.9. The maximum absolute atomic E-state index is 11.8. The zero-order valence-electron chi connectivity index (χ0n) is 10.1. The molecule has 0 radical (unpaired) electrons. The zero-order valence-corrected chi connectivity index (χ0v) is 10.1. The average Bonchev–Trinajstić information content (AvgIpc) is 2.89. The van der Waals surface area contributed by atoms with Crippen LogP contribution in [0, 0.1) is 5.92 Å². The Hall–Kier alpha value is -1.26. The predicted molar refractivity (Wildman–Crippen MR) is 60.2 cm³/mol. The Labute approximate surface area is 95.8 Å². The molecule has 1 aliphatic rings. The molecular weight excluding hydrogens is 208 g/mol. The van der Waals surface area contributed by atoms with Gasteiger partial charge in [0.15, 0.2) is 0 Å². The molecule has 3 atom stereocenters. The Kier molecular flexibility index (Phi) is 4.15. The molecule has 3 unspecified atom stereocenters. The molecule has 92 valence electrons. The maximum atomic E-state index is 11.8. The van der Waals surface area contributed by atoms with E-state index in [2.05, 4.69) is 12.2 Å². The molecule has 0 aromatic rings. The maximum Gasteiger partial charge on any atom is 0.323 e. The molecule has 0 aromatic heterocycles. The van der Waals surface area contributed by atoms with Crippen LogP contribution in [0.25, 0.3) is 0 Å². The van der Waals surface area contributed by atoms with Crippen LogP contribution in [0.2, 0.25) is 0 Å². The molecule has 5 nitrogen and oxygen atoms in total. The minimum Gasteiger partial charge on any atom is -0.480 e. The molecule has 1 saturated carbocycles. The molecule has 2 N–H and O–H groups in total. The van der Waals surface area contributed by atoms with E-state index in [1.807, 2.05) is 13.8 Å². The van der Waals surface area contributed by atoms with Crippen molar-refractivity contribution in [3.05, 3.63) is 0 Å². The van der Waals surface area contributed by atoms with Gasteiger partial charge in [0, 0.05) is 12.1 Å². The van der Waals surface area contributed by atoms with E-state index in [4.69, 9.17) is 5.11 Å². The van der Waals surface area contributed by atoms with Gasteiger partial charge in [-0.3, -0.25) is 4.79 Å². The quantitative estimate of drug-likeness (QED) is 0.745. The second kappa shape index (κ2) is 5.18. The summed E-state index contributed by atoms with van der Waals surface area (Å²) >= 11 is 0. The van der Waals surface area contributed by atoms with Crippen LogP contribution < -0.4 is 5.32 Å². The minimum atomic E-state index is -0.973. The number of nitrogens with one attached hydrogen (secondary N) is 1. The Morgan fingerprint density at radius 2 is 2.12 bits per heavy atom. The van der Waals surface area contributed by atoms with Gasteiger partial charge in [0.2, 0.25) is 0 Å². The van der Waals surface area contributed by atoms with Crippen LogP contribution in [-0.2, 0) is 4.79 Å². The van der Waals surface area contributed by atoms with Crippen LogP contribution in [0.1, 0.15) is 33.6 Å². The van der Waals surface area contributed by atoms with Crippen molar-refractivity contribution in [1.82, 2.24) is 10.2 Å². The summed E-state index contributed by atoms with van der Waals surface area (Å²) in [6.45, 7) is 5.63. The fourth-order valence-corrected chi connectivity index (χ4v) is 1.56. The van der Waals surface area contributed by atoms with Gasteiger partial charge in [-0.2, -0.15) is 0 Å². The number of amides is 2. The highest BCUT2D eigenvalue weighted by molar-refractivity contribution is 5.80. The molecule has 1 fully saturated rings. The lowest BCUT2D eigenvalue weighted by Crippen LogP contribution is -2.48. The molecule has 1 aliphatic carbocycles. The minimum absolute atomic E-state index is 0.0508. The van der Waals surface area contributed by atoms with Crippen molar-refractivity contribution in [3.63, 3.8) is 0 Å². The topological polar surface area (TPSA) is 69.6 Å². The van der Waals surface area contributed by atoms with Crippen LogP contribution in [0.4, 0.5) is 4.79 Å². The van der Waals surface area contributed by atoms with Crippen molar-refractivity contribution >= 4 is 12.0 Å². The number of rotatable bonds is 5. The molecule has 0 bridgehead atoms. The lowest BCUT2D eigenvalue weighted by Gasteiger charge is -2.27. The monoisotopic (exact) mass is 228 g/mol. The van der Waals surface area contributed by atoms with Crippen LogP contribution in [0.15, 0.2) is 0 Å². The van der Waals surface area contributed by atoms with Crippen molar-refractivity contribution < 1.29 is 14.7 Å². The fourth-order valence-electron chi connectivity index (χ4n) is 1.56. The van der Waals surface area contributed by atoms with Crippen molar-refractivity contribution in [2.75, 3.05) is 6.54 Å². The van der Waals surface area contributed by atoms with Gasteiger partial charge in [0.1, 0.15) is 6.54 Å². The molecule has 16 heavy (non-hydrogen) atoms. The van der Waals surface area contributed by atoms with Gasteiger partial charge in [0.25, 0.3) is 0 Å².